The van der Waals surface area contributed by atoms with Crippen molar-refractivity contribution >= 4 is 0 Å². The van der Waals surface area contributed by atoms with Gasteiger partial charge in [0.05, 0.1) is 0 Å². The van der Waals surface area contributed by atoms with Gasteiger partial charge < -0.3 is 15.5 Å². The summed E-state index contributed by atoms with van der Waals surface area (Å²) in [5.74, 6) is 0.583. The smallest absolute Gasteiger partial charge is 0.127 e. The zero-order valence-electron chi connectivity index (χ0n) is 12.6. The van der Waals surface area contributed by atoms with Crippen molar-refractivity contribution in [1.29, 1.82) is 0 Å². The fourth-order valence-corrected chi connectivity index (χ4v) is 2.94. The molecular weight excluding hydrogens is 253 g/mol. The number of piperidine rings is 1. The summed E-state index contributed by atoms with van der Waals surface area (Å²) >= 11 is 0. The van der Waals surface area contributed by atoms with Crippen LogP contribution in [0.5, 0.6) is 0 Å². The standard InChI is InChI=1S/C16H26FN3/c1-19-7-5-13(6-8-19)11-20(2)12-14-3-4-16(17)15(9-14)10-18/h3-4,9,13H,5-8,10-12,18H2,1-2H3. The molecule has 0 amide bonds. The van der Waals surface area contributed by atoms with E-state index in [-0.39, 0.29) is 12.4 Å². The lowest BCUT2D eigenvalue weighted by Crippen LogP contribution is -2.35. The Kier molecular flexibility index (Phi) is 5.52. The molecule has 1 aromatic rings. The van der Waals surface area contributed by atoms with Gasteiger partial charge in [-0.2, -0.15) is 0 Å². The van der Waals surface area contributed by atoms with E-state index < -0.39 is 0 Å². The number of benzene rings is 1. The molecule has 1 heterocycles. The number of likely N-dealkylation sites (tertiary alicyclic amines) is 1. The van der Waals surface area contributed by atoms with Gasteiger partial charge in [0.1, 0.15) is 5.82 Å². The van der Waals surface area contributed by atoms with E-state index in [4.69, 9.17) is 5.73 Å². The maximum Gasteiger partial charge on any atom is 0.127 e. The summed E-state index contributed by atoms with van der Waals surface area (Å²) in [6.45, 7) is 4.64. The van der Waals surface area contributed by atoms with Crippen molar-refractivity contribution in [1.82, 2.24) is 9.80 Å². The first-order chi connectivity index (χ1) is 9.58. The molecule has 1 aliphatic rings. The Bertz CT molecular complexity index is 428. The third-order valence-electron chi connectivity index (χ3n) is 4.19. The Hall–Kier alpha value is -0.970. The minimum Gasteiger partial charge on any atom is -0.326 e. The summed E-state index contributed by atoms with van der Waals surface area (Å²) in [6.07, 6.45) is 2.55. The molecule has 2 N–H and O–H groups in total. The Morgan fingerprint density at radius 3 is 2.70 bits per heavy atom. The normalized spacial score (nSPS) is 17.9. The van der Waals surface area contributed by atoms with Crippen molar-refractivity contribution in [3.05, 3.63) is 35.1 Å². The second kappa shape index (κ2) is 7.16. The topological polar surface area (TPSA) is 32.5 Å². The highest BCUT2D eigenvalue weighted by atomic mass is 19.1. The largest absolute Gasteiger partial charge is 0.326 e. The molecule has 0 aliphatic carbocycles. The van der Waals surface area contributed by atoms with Crippen molar-refractivity contribution < 1.29 is 4.39 Å². The van der Waals surface area contributed by atoms with Gasteiger partial charge in [0.2, 0.25) is 0 Å². The van der Waals surface area contributed by atoms with Crippen molar-refractivity contribution in [2.45, 2.75) is 25.9 Å². The predicted octanol–water partition coefficient (Wildman–Crippen LogP) is 2.06. The van der Waals surface area contributed by atoms with Gasteiger partial charge in [0, 0.05) is 25.2 Å². The molecule has 0 saturated carbocycles. The third-order valence-corrected chi connectivity index (χ3v) is 4.19. The number of nitrogens with two attached hydrogens (primary N) is 1. The maximum atomic E-state index is 13.4. The zero-order chi connectivity index (χ0) is 14.5. The van der Waals surface area contributed by atoms with Crippen molar-refractivity contribution in [3.63, 3.8) is 0 Å². The first kappa shape index (κ1) is 15.4. The first-order valence-electron chi connectivity index (χ1n) is 7.43. The molecule has 0 aromatic heterocycles. The van der Waals surface area contributed by atoms with Crippen LogP contribution in [0.2, 0.25) is 0 Å². The fourth-order valence-electron chi connectivity index (χ4n) is 2.94. The van der Waals surface area contributed by atoms with Crippen LogP contribution < -0.4 is 5.73 Å². The Morgan fingerprint density at radius 1 is 1.35 bits per heavy atom. The minimum atomic E-state index is -0.200. The van der Waals surface area contributed by atoms with E-state index in [9.17, 15) is 4.39 Å². The molecule has 0 radical (unpaired) electrons. The molecule has 0 unspecified atom stereocenters. The molecule has 3 nitrogen and oxygen atoms in total. The average Bonchev–Trinajstić information content (AvgIpc) is 2.43. The third kappa shape index (κ3) is 4.27. The molecular formula is C16H26FN3. The summed E-state index contributed by atoms with van der Waals surface area (Å²) in [7, 11) is 4.33. The fraction of sp³-hybridized carbons (Fsp3) is 0.625. The van der Waals surface area contributed by atoms with E-state index in [2.05, 4.69) is 23.9 Å². The van der Waals surface area contributed by atoms with Gasteiger partial charge >= 0.3 is 0 Å². The van der Waals surface area contributed by atoms with E-state index in [1.54, 1.807) is 0 Å². The highest BCUT2D eigenvalue weighted by molar-refractivity contribution is 5.24. The van der Waals surface area contributed by atoms with Crippen LogP contribution >= 0.6 is 0 Å². The summed E-state index contributed by atoms with van der Waals surface area (Å²) in [5, 5.41) is 0. The van der Waals surface area contributed by atoms with Gasteiger partial charge in [-0.3, -0.25) is 0 Å². The Morgan fingerprint density at radius 2 is 2.05 bits per heavy atom. The van der Waals surface area contributed by atoms with Gasteiger partial charge in [-0.25, -0.2) is 4.39 Å². The van der Waals surface area contributed by atoms with Crippen LogP contribution in [0.25, 0.3) is 0 Å². The van der Waals surface area contributed by atoms with Crippen molar-refractivity contribution in [2.75, 3.05) is 33.7 Å². The van der Waals surface area contributed by atoms with Crippen LogP contribution in [0.15, 0.2) is 18.2 Å². The lowest BCUT2D eigenvalue weighted by molar-refractivity contribution is 0.173. The summed E-state index contributed by atoms with van der Waals surface area (Å²) in [5.41, 5.74) is 7.30. The lowest BCUT2D eigenvalue weighted by Gasteiger charge is -2.31. The maximum absolute atomic E-state index is 13.4. The monoisotopic (exact) mass is 279 g/mol. The number of rotatable bonds is 5. The average molecular weight is 279 g/mol. The lowest BCUT2D eigenvalue weighted by atomic mass is 9.96. The molecule has 0 bridgehead atoms. The van der Waals surface area contributed by atoms with Crippen LogP contribution in [0, 0.1) is 11.7 Å². The molecule has 20 heavy (non-hydrogen) atoms. The van der Waals surface area contributed by atoms with Crippen LogP contribution in [-0.4, -0.2) is 43.5 Å². The molecule has 1 aliphatic heterocycles. The Labute approximate surface area is 121 Å². The summed E-state index contributed by atoms with van der Waals surface area (Å²) in [4.78, 5) is 4.73. The number of nitrogens with zero attached hydrogens (tertiary/aromatic N) is 2. The number of halogens is 1. The second-order valence-electron chi connectivity index (χ2n) is 6.07. The van der Waals surface area contributed by atoms with Crippen LogP contribution in [0.1, 0.15) is 24.0 Å². The van der Waals surface area contributed by atoms with E-state index in [1.165, 1.54) is 32.0 Å². The first-order valence-corrected chi connectivity index (χ1v) is 7.43. The SMILES string of the molecule is CN1CCC(CN(C)Cc2ccc(F)c(CN)c2)CC1. The quantitative estimate of drug-likeness (QED) is 0.895. The van der Waals surface area contributed by atoms with Gasteiger partial charge in [0.15, 0.2) is 0 Å². The predicted molar refractivity (Wildman–Crippen MR) is 80.8 cm³/mol. The van der Waals surface area contributed by atoms with Gasteiger partial charge in [-0.15, -0.1) is 0 Å². The second-order valence-corrected chi connectivity index (χ2v) is 6.07. The summed E-state index contributed by atoms with van der Waals surface area (Å²) in [6, 6.07) is 5.28. The molecule has 0 atom stereocenters. The minimum absolute atomic E-state index is 0.200. The van der Waals surface area contributed by atoms with E-state index in [1.807, 2.05) is 12.1 Å². The molecule has 2 rings (SSSR count). The number of hydrogen-bond acceptors (Lipinski definition) is 3. The number of hydrogen-bond donors (Lipinski definition) is 1. The molecule has 112 valence electrons. The highest BCUT2D eigenvalue weighted by Crippen LogP contribution is 2.18. The van der Waals surface area contributed by atoms with E-state index in [0.717, 1.165) is 24.6 Å². The van der Waals surface area contributed by atoms with Crippen LogP contribution in [-0.2, 0) is 13.1 Å². The van der Waals surface area contributed by atoms with Crippen LogP contribution in [0.3, 0.4) is 0 Å². The molecule has 1 fully saturated rings. The molecule has 4 heteroatoms. The molecule has 1 aromatic carbocycles. The van der Waals surface area contributed by atoms with E-state index in [0.29, 0.717) is 5.56 Å². The van der Waals surface area contributed by atoms with Gasteiger partial charge in [-0.05, 0) is 57.6 Å². The van der Waals surface area contributed by atoms with Crippen LogP contribution in [0.4, 0.5) is 4.39 Å². The molecule has 1 saturated heterocycles. The highest BCUT2D eigenvalue weighted by Gasteiger charge is 2.18. The Balaban J connectivity index is 1.86. The summed E-state index contributed by atoms with van der Waals surface area (Å²) < 4.78 is 13.4. The van der Waals surface area contributed by atoms with Crippen molar-refractivity contribution in [2.24, 2.45) is 11.7 Å². The molecule has 0 spiro atoms. The van der Waals surface area contributed by atoms with Crippen molar-refractivity contribution in [3.8, 4) is 0 Å². The van der Waals surface area contributed by atoms with Gasteiger partial charge in [0.25, 0.3) is 0 Å². The van der Waals surface area contributed by atoms with E-state index >= 15 is 0 Å². The van der Waals surface area contributed by atoms with Gasteiger partial charge in [-0.1, -0.05) is 12.1 Å². The zero-order valence-corrected chi connectivity index (χ0v) is 12.6.